The summed E-state index contributed by atoms with van der Waals surface area (Å²) in [6.45, 7) is 3.62. The molecule has 1 rings (SSSR count). The number of rotatable bonds is 13. The Kier molecular flexibility index (Phi) is 10.7. The minimum atomic E-state index is -1.34. The number of primary amides is 1. The fraction of sp³-hybridized carbons (Fsp3) is 0.476. The fourth-order valence-corrected chi connectivity index (χ4v) is 3.14. The number of guanidine groups is 1. The van der Waals surface area contributed by atoms with Gasteiger partial charge < -0.3 is 32.9 Å². The second-order valence-electron chi connectivity index (χ2n) is 7.72. The number of hydrogen-bond acceptors (Lipinski definition) is 5. The molecule has 9 N–H and O–H groups in total. The lowest BCUT2D eigenvalue weighted by atomic mass is 9.86. The highest BCUT2D eigenvalue weighted by molar-refractivity contribution is 6.03. The Morgan fingerprint density at radius 1 is 1.03 bits per heavy atom. The predicted octanol–water partition coefficient (Wildman–Crippen LogP) is -0.270. The zero-order valence-corrected chi connectivity index (χ0v) is 18.3. The number of ketones is 1. The van der Waals surface area contributed by atoms with Gasteiger partial charge in [-0.25, -0.2) is 4.79 Å². The van der Waals surface area contributed by atoms with Gasteiger partial charge in [-0.05, 0) is 30.7 Å². The number of carboxylic acid groups (broad SMARTS) is 1. The summed E-state index contributed by atoms with van der Waals surface area (Å²) in [5.41, 5.74) is 16.4. The summed E-state index contributed by atoms with van der Waals surface area (Å²) in [5, 5.41) is 14.6. The summed E-state index contributed by atoms with van der Waals surface area (Å²) in [7, 11) is 0. The first kappa shape index (κ1) is 26.4. The molecule has 11 nitrogen and oxygen atoms in total. The molecule has 3 amide bonds. The van der Waals surface area contributed by atoms with E-state index in [0.29, 0.717) is 12.0 Å². The molecule has 1 unspecified atom stereocenters. The van der Waals surface area contributed by atoms with Crippen LogP contribution in [0.3, 0.4) is 0 Å². The quantitative estimate of drug-likeness (QED) is 0.103. The molecule has 0 bridgehead atoms. The highest BCUT2D eigenvalue weighted by atomic mass is 16.4. The van der Waals surface area contributed by atoms with E-state index in [1.807, 2.05) is 0 Å². The molecule has 0 aliphatic rings. The van der Waals surface area contributed by atoms with Crippen molar-refractivity contribution in [1.29, 1.82) is 0 Å². The average molecular weight is 449 g/mol. The van der Waals surface area contributed by atoms with Gasteiger partial charge in [0.25, 0.3) is 0 Å². The number of amides is 3. The van der Waals surface area contributed by atoms with E-state index in [4.69, 9.17) is 17.2 Å². The molecule has 0 saturated carbocycles. The van der Waals surface area contributed by atoms with Gasteiger partial charge in [-0.2, -0.15) is 0 Å². The molecule has 1 aromatic carbocycles. The summed E-state index contributed by atoms with van der Waals surface area (Å²) < 4.78 is 0. The van der Waals surface area contributed by atoms with Crippen LogP contribution in [0.4, 0.5) is 4.79 Å². The fourth-order valence-electron chi connectivity index (χ4n) is 3.14. The molecule has 0 heterocycles. The molecule has 1 aromatic rings. The number of hydrogen-bond donors (Lipinski definition) is 6. The Bertz CT molecular complexity index is 823. The van der Waals surface area contributed by atoms with Crippen LogP contribution in [0, 0.1) is 11.8 Å². The van der Waals surface area contributed by atoms with Gasteiger partial charge in [0.1, 0.15) is 12.0 Å². The number of benzene rings is 1. The highest BCUT2D eigenvalue weighted by Crippen LogP contribution is 2.16. The van der Waals surface area contributed by atoms with E-state index in [0.717, 1.165) is 0 Å². The molecule has 0 saturated heterocycles. The van der Waals surface area contributed by atoms with Crippen molar-refractivity contribution >= 4 is 29.7 Å². The lowest BCUT2D eigenvalue weighted by Gasteiger charge is -2.27. The summed E-state index contributed by atoms with van der Waals surface area (Å²) in [4.78, 5) is 52.9. The maximum atomic E-state index is 13.1. The van der Waals surface area contributed by atoms with Crippen molar-refractivity contribution in [1.82, 2.24) is 10.6 Å². The van der Waals surface area contributed by atoms with Crippen LogP contribution in [0.15, 0.2) is 35.3 Å². The molecule has 11 heteroatoms. The first-order valence-corrected chi connectivity index (χ1v) is 10.2. The van der Waals surface area contributed by atoms with Crippen LogP contribution in [0.25, 0.3) is 0 Å². The Hall–Kier alpha value is -3.63. The standard InChI is InChI=1S/C21H32N6O5/c1-12(2)16(17(28)14(19(30)31)11-13-7-4-3-5-8-13)27-18(29)15(26-21(24)32)9-6-10-25-20(22)23/h3-5,7-8,12,14-16H,6,9-11H2,1-2H3,(H,27,29)(H,30,31)(H4,22,23,25)(H3,24,26,32)/t14?,15-,16-/m0/s1. The zero-order valence-electron chi connectivity index (χ0n) is 18.3. The normalized spacial score (nSPS) is 13.5. The van der Waals surface area contributed by atoms with Crippen molar-refractivity contribution in [2.24, 2.45) is 34.0 Å². The van der Waals surface area contributed by atoms with Gasteiger partial charge >= 0.3 is 12.0 Å². The topological polar surface area (TPSA) is 203 Å². The largest absolute Gasteiger partial charge is 0.481 e. The number of aliphatic imine (C=N–C) groups is 1. The summed E-state index contributed by atoms with van der Waals surface area (Å²) in [6, 6.07) is 5.75. The number of carboxylic acids is 1. The molecule has 3 atom stereocenters. The lowest BCUT2D eigenvalue weighted by Crippen LogP contribution is -2.55. The first-order valence-electron chi connectivity index (χ1n) is 10.2. The molecule has 0 aliphatic carbocycles. The molecule has 0 spiro atoms. The van der Waals surface area contributed by atoms with Crippen LogP contribution in [0.5, 0.6) is 0 Å². The van der Waals surface area contributed by atoms with Crippen molar-refractivity contribution in [3.05, 3.63) is 35.9 Å². The van der Waals surface area contributed by atoms with Crippen molar-refractivity contribution < 1.29 is 24.3 Å². The van der Waals surface area contributed by atoms with Crippen LogP contribution in [-0.4, -0.2) is 53.4 Å². The number of Topliss-reactive ketones (excluding diaryl/α,β-unsaturated/α-hetero) is 1. The van der Waals surface area contributed by atoms with Crippen molar-refractivity contribution in [3.8, 4) is 0 Å². The van der Waals surface area contributed by atoms with Crippen molar-refractivity contribution in [2.45, 2.75) is 45.2 Å². The minimum absolute atomic E-state index is 0.00439. The third-order valence-electron chi connectivity index (χ3n) is 4.77. The summed E-state index contributed by atoms with van der Waals surface area (Å²) in [6.07, 6.45) is 0.523. The van der Waals surface area contributed by atoms with Gasteiger partial charge in [0.2, 0.25) is 5.91 Å². The molecule has 0 fully saturated rings. The number of aliphatic carboxylic acids is 1. The zero-order chi connectivity index (χ0) is 24.3. The van der Waals surface area contributed by atoms with E-state index in [1.165, 1.54) is 0 Å². The third-order valence-corrected chi connectivity index (χ3v) is 4.77. The van der Waals surface area contributed by atoms with Crippen LogP contribution in [0.2, 0.25) is 0 Å². The van der Waals surface area contributed by atoms with E-state index in [1.54, 1.807) is 44.2 Å². The summed E-state index contributed by atoms with van der Waals surface area (Å²) >= 11 is 0. The molecule has 0 radical (unpaired) electrons. The molecule has 176 valence electrons. The lowest BCUT2D eigenvalue weighted by molar-refractivity contribution is -0.148. The van der Waals surface area contributed by atoms with E-state index in [9.17, 15) is 24.3 Å². The van der Waals surface area contributed by atoms with Crippen molar-refractivity contribution in [3.63, 3.8) is 0 Å². The highest BCUT2D eigenvalue weighted by Gasteiger charge is 2.36. The third kappa shape index (κ3) is 9.02. The monoisotopic (exact) mass is 448 g/mol. The number of carbonyl (C=O) groups is 4. The first-order chi connectivity index (χ1) is 15.0. The SMILES string of the molecule is CC(C)[C@H](NC(=O)[C@H](CCCN=C(N)N)NC(N)=O)C(=O)C(Cc1ccccc1)C(=O)O. The van der Waals surface area contributed by atoms with E-state index >= 15 is 0 Å². The van der Waals surface area contributed by atoms with E-state index in [2.05, 4.69) is 15.6 Å². The van der Waals surface area contributed by atoms with Gasteiger partial charge in [-0.1, -0.05) is 44.2 Å². The van der Waals surface area contributed by atoms with Gasteiger partial charge in [-0.3, -0.25) is 19.4 Å². The van der Waals surface area contributed by atoms with Gasteiger partial charge in [-0.15, -0.1) is 0 Å². The Morgan fingerprint density at radius 2 is 1.66 bits per heavy atom. The van der Waals surface area contributed by atoms with Gasteiger partial charge in [0, 0.05) is 6.54 Å². The van der Waals surface area contributed by atoms with Crippen molar-refractivity contribution in [2.75, 3.05) is 6.54 Å². The van der Waals surface area contributed by atoms with Gasteiger partial charge in [0.15, 0.2) is 11.7 Å². The predicted molar refractivity (Wildman–Crippen MR) is 119 cm³/mol. The van der Waals surface area contributed by atoms with Gasteiger partial charge in [0.05, 0.1) is 6.04 Å². The Balaban J connectivity index is 2.97. The van der Waals surface area contributed by atoms with E-state index < -0.39 is 41.7 Å². The number of nitrogens with one attached hydrogen (secondary N) is 2. The molecule has 0 aromatic heterocycles. The second kappa shape index (κ2) is 12.9. The molecule has 0 aliphatic heterocycles. The van der Waals surface area contributed by atoms with Crippen LogP contribution in [0.1, 0.15) is 32.3 Å². The minimum Gasteiger partial charge on any atom is -0.481 e. The number of carbonyl (C=O) groups excluding carboxylic acids is 3. The maximum absolute atomic E-state index is 13.1. The summed E-state index contributed by atoms with van der Waals surface area (Å²) in [5.74, 6) is -4.37. The van der Waals surface area contributed by atoms with Crippen LogP contribution in [-0.2, 0) is 20.8 Å². The molecule has 32 heavy (non-hydrogen) atoms. The average Bonchev–Trinajstić information content (AvgIpc) is 2.71. The van der Waals surface area contributed by atoms with Crippen LogP contribution >= 0.6 is 0 Å². The van der Waals surface area contributed by atoms with Crippen LogP contribution < -0.4 is 27.8 Å². The maximum Gasteiger partial charge on any atom is 0.314 e. The Morgan fingerprint density at radius 3 is 2.16 bits per heavy atom. The molecular weight excluding hydrogens is 416 g/mol. The second-order valence-corrected chi connectivity index (χ2v) is 7.72. The molecular formula is C21H32N6O5. The Labute approximate surface area is 186 Å². The number of nitrogens with zero attached hydrogens (tertiary/aromatic N) is 1. The smallest absolute Gasteiger partial charge is 0.314 e. The number of urea groups is 1. The van der Waals surface area contributed by atoms with E-state index in [-0.39, 0.29) is 31.3 Å². The number of nitrogens with two attached hydrogens (primary N) is 3.